The quantitative estimate of drug-likeness (QED) is 0.794. The van der Waals surface area contributed by atoms with Gasteiger partial charge in [-0.05, 0) is 30.7 Å². The molecule has 15 heavy (non-hydrogen) atoms. The molecule has 84 valence electrons. The van der Waals surface area contributed by atoms with Crippen molar-refractivity contribution in [2.24, 2.45) is 0 Å². The summed E-state index contributed by atoms with van der Waals surface area (Å²) in [5.74, 6) is 0.604. The van der Waals surface area contributed by atoms with Gasteiger partial charge in [0, 0.05) is 17.3 Å². The number of aryl methyl sites for hydroxylation is 1. The normalized spacial score (nSPS) is 12.5. The third-order valence-electron chi connectivity index (χ3n) is 2.39. The van der Waals surface area contributed by atoms with E-state index in [0.717, 1.165) is 24.0 Å². The van der Waals surface area contributed by atoms with Gasteiger partial charge in [-0.2, -0.15) is 11.3 Å². The molecule has 4 heteroatoms. The van der Waals surface area contributed by atoms with Crippen molar-refractivity contribution < 1.29 is 4.79 Å². The molecule has 1 unspecified atom stereocenters. The number of hydrogen-bond acceptors (Lipinski definition) is 2. The predicted octanol–water partition coefficient (Wildman–Crippen LogP) is 3.19. The molecule has 1 rings (SSSR count). The molecule has 0 aliphatic heterocycles. The number of carbonyl (C=O) groups is 1. The summed E-state index contributed by atoms with van der Waals surface area (Å²) in [4.78, 5) is 11.8. The van der Waals surface area contributed by atoms with E-state index in [9.17, 15) is 4.79 Å². The third kappa shape index (κ3) is 3.50. The minimum atomic E-state index is 0.0192. The number of carbonyl (C=O) groups excluding carboxylic acids is 1. The second-order valence-corrected chi connectivity index (χ2v) is 4.65. The first-order valence-corrected chi connectivity index (χ1v) is 6.56. The Balaban J connectivity index is 2.58. The first kappa shape index (κ1) is 12.5. The minimum Gasteiger partial charge on any atom is -0.349 e. The van der Waals surface area contributed by atoms with Crippen LogP contribution in [0, 0.1) is 6.92 Å². The number of hydrogen-bond donors (Lipinski definition) is 1. The highest BCUT2D eigenvalue weighted by Crippen LogP contribution is 2.14. The van der Waals surface area contributed by atoms with E-state index < -0.39 is 0 Å². The van der Waals surface area contributed by atoms with Crippen molar-refractivity contribution in [1.82, 2.24) is 5.32 Å². The summed E-state index contributed by atoms with van der Waals surface area (Å²) in [5.41, 5.74) is 1.83. The Morgan fingerprint density at radius 3 is 2.80 bits per heavy atom. The maximum Gasteiger partial charge on any atom is 0.252 e. The van der Waals surface area contributed by atoms with Crippen LogP contribution < -0.4 is 5.32 Å². The fourth-order valence-corrected chi connectivity index (χ4v) is 2.46. The van der Waals surface area contributed by atoms with Crippen molar-refractivity contribution >= 4 is 28.8 Å². The van der Waals surface area contributed by atoms with E-state index in [-0.39, 0.29) is 11.9 Å². The summed E-state index contributed by atoms with van der Waals surface area (Å²) >= 11 is 7.22. The molecular weight excluding hydrogens is 230 g/mol. The molecule has 1 heterocycles. The molecule has 1 amide bonds. The Kier molecular flexibility index (Phi) is 5.12. The van der Waals surface area contributed by atoms with Crippen LogP contribution in [-0.2, 0) is 0 Å². The first-order valence-electron chi connectivity index (χ1n) is 5.08. The Morgan fingerprint density at radius 2 is 2.33 bits per heavy atom. The van der Waals surface area contributed by atoms with Gasteiger partial charge in [-0.15, -0.1) is 11.6 Å². The van der Waals surface area contributed by atoms with Gasteiger partial charge in [-0.3, -0.25) is 4.79 Å². The average Bonchev–Trinajstić information content (AvgIpc) is 2.63. The van der Waals surface area contributed by atoms with Crippen LogP contribution in [-0.4, -0.2) is 17.8 Å². The summed E-state index contributed by atoms with van der Waals surface area (Å²) in [6.45, 7) is 4.01. The van der Waals surface area contributed by atoms with Crippen LogP contribution >= 0.6 is 22.9 Å². The smallest absolute Gasteiger partial charge is 0.252 e. The highest BCUT2D eigenvalue weighted by molar-refractivity contribution is 7.08. The van der Waals surface area contributed by atoms with Gasteiger partial charge in [0.2, 0.25) is 0 Å². The van der Waals surface area contributed by atoms with Gasteiger partial charge in [-0.1, -0.05) is 6.92 Å². The van der Waals surface area contributed by atoms with E-state index >= 15 is 0 Å². The van der Waals surface area contributed by atoms with E-state index in [4.69, 9.17) is 11.6 Å². The summed E-state index contributed by atoms with van der Waals surface area (Å²) < 4.78 is 0. The monoisotopic (exact) mass is 245 g/mol. The van der Waals surface area contributed by atoms with Gasteiger partial charge in [0.1, 0.15) is 0 Å². The van der Waals surface area contributed by atoms with Crippen LogP contribution in [0.5, 0.6) is 0 Å². The van der Waals surface area contributed by atoms with Crippen molar-refractivity contribution in [2.45, 2.75) is 32.7 Å². The zero-order valence-electron chi connectivity index (χ0n) is 9.05. The summed E-state index contributed by atoms with van der Waals surface area (Å²) in [5, 5.41) is 6.86. The van der Waals surface area contributed by atoms with E-state index in [1.54, 1.807) is 11.3 Å². The molecule has 0 aliphatic carbocycles. The predicted molar refractivity (Wildman–Crippen MR) is 65.9 cm³/mol. The Bertz CT molecular complexity index is 324. The Hall–Kier alpha value is -0.540. The minimum absolute atomic E-state index is 0.0192. The lowest BCUT2D eigenvalue weighted by molar-refractivity contribution is 0.0935. The van der Waals surface area contributed by atoms with Gasteiger partial charge in [0.05, 0.1) is 5.56 Å². The molecule has 1 N–H and O–H groups in total. The molecule has 0 fully saturated rings. The zero-order valence-corrected chi connectivity index (χ0v) is 10.6. The van der Waals surface area contributed by atoms with Crippen LogP contribution in [0.15, 0.2) is 10.8 Å². The number of thiophene rings is 1. The van der Waals surface area contributed by atoms with Crippen molar-refractivity contribution in [3.63, 3.8) is 0 Å². The van der Waals surface area contributed by atoms with Crippen molar-refractivity contribution in [3.05, 3.63) is 21.9 Å². The number of alkyl halides is 1. The molecule has 0 saturated heterocycles. The average molecular weight is 246 g/mol. The van der Waals surface area contributed by atoms with Crippen molar-refractivity contribution in [1.29, 1.82) is 0 Å². The SMILES string of the molecule is CCC(CCCl)NC(=O)c1cscc1C. The maximum atomic E-state index is 11.8. The molecule has 1 aromatic heterocycles. The molecular formula is C11H16ClNOS. The standard InChI is InChI=1S/C11H16ClNOS/c1-3-9(4-5-12)13-11(14)10-7-15-6-8(10)2/h6-7,9H,3-5H2,1-2H3,(H,13,14). The number of rotatable bonds is 5. The molecule has 0 spiro atoms. The third-order valence-corrected chi connectivity index (χ3v) is 3.47. The number of amides is 1. The van der Waals surface area contributed by atoms with Crippen LogP contribution in [0.2, 0.25) is 0 Å². The van der Waals surface area contributed by atoms with Crippen molar-refractivity contribution in [3.8, 4) is 0 Å². The highest BCUT2D eigenvalue weighted by atomic mass is 35.5. The fourth-order valence-electron chi connectivity index (χ4n) is 1.37. The lowest BCUT2D eigenvalue weighted by Crippen LogP contribution is -2.34. The maximum absolute atomic E-state index is 11.8. The number of halogens is 1. The van der Waals surface area contributed by atoms with Crippen LogP contribution in [0.4, 0.5) is 0 Å². The van der Waals surface area contributed by atoms with Gasteiger partial charge in [0.25, 0.3) is 5.91 Å². The van der Waals surface area contributed by atoms with Gasteiger partial charge >= 0.3 is 0 Å². The van der Waals surface area contributed by atoms with Gasteiger partial charge in [0.15, 0.2) is 0 Å². The molecule has 2 nitrogen and oxygen atoms in total. The highest BCUT2D eigenvalue weighted by Gasteiger charge is 2.13. The fraction of sp³-hybridized carbons (Fsp3) is 0.545. The first-order chi connectivity index (χ1) is 7.19. The number of nitrogens with one attached hydrogen (secondary N) is 1. The van der Waals surface area contributed by atoms with Gasteiger partial charge in [-0.25, -0.2) is 0 Å². The van der Waals surface area contributed by atoms with Crippen molar-refractivity contribution in [2.75, 3.05) is 5.88 Å². The van der Waals surface area contributed by atoms with Crippen LogP contribution in [0.25, 0.3) is 0 Å². The topological polar surface area (TPSA) is 29.1 Å². The Morgan fingerprint density at radius 1 is 1.60 bits per heavy atom. The van der Waals surface area contributed by atoms with E-state index in [1.807, 2.05) is 17.7 Å². The van der Waals surface area contributed by atoms with Crippen LogP contribution in [0.1, 0.15) is 35.7 Å². The molecule has 0 bridgehead atoms. The summed E-state index contributed by atoms with van der Waals surface area (Å²) in [6, 6.07) is 0.189. The molecule has 0 aliphatic rings. The molecule has 1 atom stereocenters. The second-order valence-electron chi connectivity index (χ2n) is 3.52. The van der Waals surface area contributed by atoms with E-state index in [2.05, 4.69) is 12.2 Å². The van der Waals surface area contributed by atoms with E-state index in [1.165, 1.54) is 0 Å². The Labute approximate surface area is 99.6 Å². The second kappa shape index (κ2) is 6.13. The summed E-state index contributed by atoms with van der Waals surface area (Å²) in [7, 11) is 0. The van der Waals surface area contributed by atoms with Crippen LogP contribution in [0.3, 0.4) is 0 Å². The summed E-state index contributed by atoms with van der Waals surface area (Å²) in [6.07, 6.45) is 1.74. The molecule has 0 radical (unpaired) electrons. The van der Waals surface area contributed by atoms with Gasteiger partial charge < -0.3 is 5.32 Å². The molecule has 0 saturated carbocycles. The lowest BCUT2D eigenvalue weighted by Gasteiger charge is -2.15. The molecule has 0 aromatic carbocycles. The largest absolute Gasteiger partial charge is 0.349 e. The molecule has 1 aromatic rings. The van der Waals surface area contributed by atoms with E-state index in [0.29, 0.717) is 5.88 Å². The lowest BCUT2D eigenvalue weighted by atomic mass is 10.1. The zero-order chi connectivity index (χ0) is 11.3.